The Hall–Kier alpha value is -3.62. The van der Waals surface area contributed by atoms with Crippen molar-refractivity contribution in [3.63, 3.8) is 0 Å². The summed E-state index contributed by atoms with van der Waals surface area (Å²) in [7, 11) is 0. The minimum absolute atomic E-state index is 0.0701. The monoisotopic (exact) mass is 458 g/mol. The molecule has 3 rings (SSSR count). The summed E-state index contributed by atoms with van der Waals surface area (Å²) in [5.74, 6) is -3.27. The average Bonchev–Trinajstić information content (AvgIpc) is 2.76. The molecule has 1 atom stereocenters. The lowest BCUT2D eigenvalue weighted by Gasteiger charge is -2.34. The number of nitro benzene ring substituents is 1. The number of nitro groups is 1. The van der Waals surface area contributed by atoms with Gasteiger partial charge in [0.2, 0.25) is 5.91 Å². The van der Waals surface area contributed by atoms with Crippen molar-refractivity contribution in [3.8, 4) is 0 Å². The molecule has 1 unspecified atom stereocenters. The summed E-state index contributed by atoms with van der Waals surface area (Å²) >= 11 is 0. The van der Waals surface area contributed by atoms with E-state index in [0.29, 0.717) is 5.56 Å². The van der Waals surface area contributed by atoms with Gasteiger partial charge in [-0.15, -0.1) is 0 Å². The maximum atomic E-state index is 14.2. The van der Waals surface area contributed by atoms with Crippen LogP contribution in [0.1, 0.15) is 44.2 Å². The van der Waals surface area contributed by atoms with Crippen molar-refractivity contribution in [1.29, 1.82) is 0 Å². The molecule has 0 bridgehead atoms. The van der Waals surface area contributed by atoms with Gasteiger partial charge in [-0.1, -0.05) is 32.0 Å². The maximum Gasteiger partial charge on any atom is 0.336 e. The van der Waals surface area contributed by atoms with E-state index in [1.54, 1.807) is 13.0 Å². The first-order valence-corrected chi connectivity index (χ1v) is 10.4. The zero-order valence-corrected chi connectivity index (χ0v) is 18.5. The van der Waals surface area contributed by atoms with Crippen LogP contribution in [0, 0.1) is 27.7 Å². The molecule has 0 aromatic heterocycles. The molecule has 1 heterocycles. The van der Waals surface area contributed by atoms with Gasteiger partial charge in [-0.25, -0.2) is 13.6 Å². The summed E-state index contributed by atoms with van der Waals surface area (Å²) in [5, 5.41) is 11.2. The van der Waals surface area contributed by atoms with Crippen LogP contribution >= 0.6 is 0 Å². The number of allylic oxidation sites excluding steroid dienone is 1. The molecule has 0 fully saturated rings. The standard InChI is InChI=1S/C24H24F2N2O5/c1-14(2)13-33-24(30)23-15(3)27(12-17-7-8-18(25)10-21(17)26)22(29)11-20(23)16-5-4-6-19(9-16)28(31)32/h4-10,14,20H,11-13H2,1-3H3. The van der Waals surface area contributed by atoms with Crippen LogP contribution in [-0.4, -0.2) is 28.3 Å². The molecule has 1 amide bonds. The van der Waals surface area contributed by atoms with Gasteiger partial charge >= 0.3 is 5.97 Å². The minimum atomic E-state index is -0.805. The second-order valence-electron chi connectivity index (χ2n) is 8.32. The van der Waals surface area contributed by atoms with Crippen molar-refractivity contribution in [3.05, 3.63) is 86.6 Å². The van der Waals surface area contributed by atoms with Crippen LogP contribution in [0.5, 0.6) is 0 Å². The van der Waals surface area contributed by atoms with Crippen molar-refractivity contribution in [1.82, 2.24) is 4.90 Å². The van der Waals surface area contributed by atoms with Crippen LogP contribution in [0.25, 0.3) is 0 Å². The van der Waals surface area contributed by atoms with Crippen molar-refractivity contribution >= 4 is 17.6 Å². The number of halogens is 2. The molecule has 1 aliphatic rings. The molecule has 7 nitrogen and oxygen atoms in total. The van der Waals surface area contributed by atoms with Crippen molar-refractivity contribution in [2.24, 2.45) is 5.92 Å². The molecule has 0 saturated heterocycles. The number of carbonyl (C=O) groups is 2. The van der Waals surface area contributed by atoms with E-state index in [0.717, 1.165) is 12.1 Å². The molecule has 0 saturated carbocycles. The van der Waals surface area contributed by atoms with Crippen molar-refractivity contribution < 1.29 is 28.0 Å². The smallest absolute Gasteiger partial charge is 0.336 e. The predicted octanol–water partition coefficient (Wildman–Crippen LogP) is 4.86. The van der Waals surface area contributed by atoms with E-state index in [2.05, 4.69) is 0 Å². The normalized spacial score (nSPS) is 16.4. The third-order valence-corrected chi connectivity index (χ3v) is 5.42. The first-order chi connectivity index (χ1) is 15.6. The number of ether oxygens (including phenoxy) is 1. The van der Waals surface area contributed by atoms with Crippen LogP contribution in [0.2, 0.25) is 0 Å². The number of carbonyl (C=O) groups excluding carboxylic acids is 2. The average molecular weight is 458 g/mol. The van der Waals surface area contributed by atoms with E-state index in [4.69, 9.17) is 4.74 Å². The molecular weight excluding hydrogens is 434 g/mol. The van der Waals surface area contributed by atoms with Gasteiger partial charge in [-0.05, 0) is 24.5 Å². The number of hydrogen-bond acceptors (Lipinski definition) is 5. The molecule has 174 valence electrons. The van der Waals surface area contributed by atoms with Gasteiger partial charge in [-0.3, -0.25) is 14.9 Å². The number of nitrogens with zero attached hydrogens (tertiary/aromatic N) is 2. The second-order valence-corrected chi connectivity index (χ2v) is 8.32. The van der Waals surface area contributed by atoms with E-state index in [-0.39, 0.29) is 48.0 Å². The zero-order valence-electron chi connectivity index (χ0n) is 18.5. The summed E-state index contributed by atoms with van der Waals surface area (Å²) < 4.78 is 32.9. The number of esters is 1. The largest absolute Gasteiger partial charge is 0.462 e. The number of rotatable bonds is 7. The van der Waals surface area contributed by atoms with Crippen LogP contribution in [0.3, 0.4) is 0 Å². The molecule has 0 N–H and O–H groups in total. The minimum Gasteiger partial charge on any atom is -0.462 e. The predicted molar refractivity (Wildman–Crippen MR) is 116 cm³/mol. The highest BCUT2D eigenvalue weighted by atomic mass is 19.1. The van der Waals surface area contributed by atoms with Gasteiger partial charge in [0.1, 0.15) is 11.6 Å². The lowest BCUT2D eigenvalue weighted by atomic mass is 9.83. The number of amides is 1. The van der Waals surface area contributed by atoms with Crippen molar-refractivity contribution in [2.45, 2.75) is 39.7 Å². The maximum absolute atomic E-state index is 14.2. The molecule has 0 radical (unpaired) electrons. The van der Waals surface area contributed by atoms with Gasteiger partial charge in [0.15, 0.2) is 0 Å². The summed E-state index contributed by atoms with van der Waals surface area (Å²) in [6.45, 7) is 5.26. The summed E-state index contributed by atoms with van der Waals surface area (Å²) in [6.07, 6.45) is -0.159. The first-order valence-electron chi connectivity index (χ1n) is 10.4. The quantitative estimate of drug-likeness (QED) is 0.336. The Morgan fingerprint density at radius 1 is 1.24 bits per heavy atom. The molecule has 2 aromatic rings. The highest BCUT2D eigenvalue weighted by Gasteiger charge is 2.37. The Morgan fingerprint density at radius 2 is 1.97 bits per heavy atom. The summed E-state index contributed by atoms with van der Waals surface area (Å²) in [4.78, 5) is 38.0. The third-order valence-electron chi connectivity index (χ3n) is 5.42. The molecule has 9 heteroatoms. The van der Waals surface area contributed by atoms with Gasteiger partial charge in [-0.2, -0.15) is 0 Å². The number of hydrogen-bond donors (Lipinski definition) is 0. The molecule has 0 aliphatic carbocycles. The second kappa shape index (κ2) is 9.89. The number of non-ortho nitro benzene ring substituents is 1. The summed E-state index contributed by atoms with van der Waals surface area (Å²) in [5.41, 5.74) is 0.802. The Kier molecular flexibility index (Phi) is 7.20. The first kappa shape index (κ1) is 24.0. The fraction of sp³-hybridized carbons (Fsp3) is 0.333. The zero-order chi connectivity index (χ0) is 24.3. The lowest BCUT2D eigenvalue weighted by Crippen LogP contribution is -2.38. The van der Waals surface area contributed by atoms with Crippen LogP contribution in [0.15, 0.2) is 53.7 Å². The fourth-order valence-corrected chi connectivity index (χ4v) is 3.75. The fourth-order valence-electron chi connectivity index (χ4n) is 3.75. The Morgan fingerprint density at radius 3 is 2.61 bits per heavy atom. The van der Waals surface area contributed by atoms with Crippen LogP contribution in [0.4, 0.5) is 14.5 Å². The highest BCUT2D eigenvalue weighted by molar-refractivity contribution is 5.96. The van der Waals surface area contributed by atoms with E-state index >= 15 is 0 Å². The lowest BCUT2D eigenvalue weighted by molar-refractivity contribution is -0.384. The molecular formula is C24H24F2N2O5. The third kappa shape index (κ3) is 5.42. The van der Waals surface area contributed by atoms with Gasteiger partial charge in [0.05, 0.1) is 23.6 Å². The Labute approximate surface area is 189 Å². The Balaban J connectivity index is 2.05. The van der Waals surface area contributed by atoms with Crippen molar-refractivity contribution in [2.75, 3.05) is 6.61 Å². The molecule has 2 aromatic carbocycles. The van der Waals surface area contributed by atoms with E-state index < -0.39 is 34.4 Å². The molecule has 1 aliphatic heterocycles. The number of benzene rings is 2. The summed E-state index contributed by atoms with van der Waals surface area (Å²) in [6, 6.07) is 8.83. The van der Waals surface area contributed by atoms with E-state index in [1.165, 1.54) is 29.2 Å². The Bertz CT molecular complexity index is 1130. The van der Waals surface area contributed by atoms with E-state index in [1.807, 2.05) is 13.8 Å². The van der Waals surface area contributed by atoms with Gasteiger partial charge < -0.3 is 9.64 Å². The highest BCUT2D eigenvalue weighted by Crippen LogP contribution is 2.38. The molecule has 33 heavy (non-hydrogen) atoms. The topological polar surface area (TPSA) is 89.7 Å². The molecule has 0 spiro atoms. The van der Waals surface area contributed by atoms with Crippen LogP contribution in [-0.2, 0) is 20.9 Å². The van der Waals surface area contributed by atoms with Gasteiger partial charge in [0.25, 0.3) is 5.69 Å². The van der Waals surface area contributed by atoms with Crippen LogP contribution < -0.4 is 0 Å². The SMILES string of the molecule is CC1=C(C(=O)OCC(C)C)C(c2cccc([N+](=O)[O-])c2)CC(=O)N1Cc1ccc(F)cc1F. The van der Waals surface area contributed by atoms with E-state index in [9.17, 15) is 28.5 Å². The van der Waals surface area contributed by atoms with Gasteiger partial charge in [0, 0.05) is 41.8 Å².